The largest absolute Gasteiger partial charge is 0.489 e. The van der Waals surface area contributed by atoms with Gasteiger partial charge in [0.1, 0.15) is 12.4 Å². The smallest absolute Gasteiger partial charge is 0.317 e. The Hall–Kier alpha value is -3.27. The third-order valence-corrected chi connectivity index (χ3v) is 8.11. The van der Waals surface area contributed by atoms with Crippen LogP contribution in [-0.2, 0) is 11.4 Å². The average Bonchev–Trinajstić information content (AvgIpc) is 2.98. The summed E-state index contributed by atoms with van der Waals surface area (Å²) in [5, 5.41) is 12.2. The molecule has 0 saturated carbocycles. The average molecular weight is 569 g/mol. The normalized spacial score (nSPS) is 15.1. The first-order chi connectivity index (χ1) is 19.3. The molecule has 1 unspecified atom stereocenters. The molecule has 0 radical (unpaired) electrons. The minimum Gasteiger partial charge on any atom is -0.489 e. The second-order valence-corrected chi connectivity index (χ2v) is 10.7. The molecule has 2 N–H and O–H groups in total. The van der Waals surface area contributed by atoms with E-state index in [0.29, 0.717) is 21.8 Å². The zero-order valence-corrected chi connectivity index (χ0v) is 23.5. The molecule has 4 rings (SSSR count). The number of carbonyl (C=O) groups excluding carboxylic acids is 1. The lowest BCUT2D eigenvalue weighted by atomic mass is 9.84. The topological polar surface area (TPSA) is 78.9 Å². The summed E-state index contributed by atoms with van der Waals surface area (Å²) in [6, 6.07) is 16.2. The number of nitrogens with zero attached hydrogens (tertiary/aromatic N) is 1. The van der Waals surface area contributed by atoms with Gasteiger partial charge in [0.05, 0.1) is 12.6 Å². The van der Waals surface area contributed by atoms with Gasteiger partial charge in [-0.2, -0.15) is 0 Å². The first-order valence-corrected chi connectivity index (χ1v) is 14.6. The molecule has 0 spiro atoms. The number of halogens is 2. The number of piperidine rings is 1. The Bertz CT molecular complexity index is 1330. The van der Waals surface area contributed by atoms with Crippen LogP contribution in [0.15, 0.2) is 65.6 Å². The van der Waals surface area contributed by atoms with Crippen molar-refractivity contribution in [2.75, 3.05) is 32.4 Å². The van der Waals surface area contributed by atoms with Gasteiger partial charge in [-0.1, -0.05) is 37.3 Å². The molecule has 6 nitrogen and oxygen atoms in total. The van der Waals surface area contributed by atoms with Gasteiger partial charge in [-0.15, -0.1) is 11.8 Å². The summed E-state index contributed by atoms with van der Waals surface area (Å²) in [5.41, 5.74) is 2.67. The summed E-state index contributed by atoms with van der Waals surface area (Å²) in [6.07, 6.45) is 3.48. The summed E-state index contributed by atoms with van der Waals surface area (Å²) >= 11 is 1.34. The van der Waals surface area contributed by atoms with Crippen LogP contribution in [0.25, 0.3) is 11.1 Å². The molecule has 3 aromatic carbocycles. The summed E-state index contributed by atoms with van der Waals surface area (Å²) in [7, 11) is 0. The zero-order chi connectivity index (χ0) is 28.6. The number of carbonyl (C=O) groups is 2. The Morgan fingerprint density at radius 3 is 2.42 bits per heavy atom. The van der Waals surface area contributed by atoms with Crippen LogP contribution in [0.5, 0.6) is 5.75 Å². The lowest BCUT2D eigenvalue weighted by Crippen LogP contribution is -2.49. The van der Waals surface area contributed by atoms with E-state index < -0.39 is 23.6 Å². The Balaban J connectivity index is 1.43. The Morgan fingerprint density at radius 2 is 1.77 bits per heavy atom. The Kier molecular flexibility index (Phi) is 10.3. The quantitative estimate of drug-likeness (QED) is 0.208. The summed E-state index contributed by atoms with van der Waals surface area (Å²) < 4.78 is 33.4. The Morgan fingerprint density at radius 1 is 1.07 bits per heavy atom. The monoisotopic (exact) mass is 568 g/mol. The van der Waals surface area contributed by atoms with Gasteiger partial charge in [0.25, 0.3) is 0 Å². The number of rotatable bonds is 12. The van der Waals surface area contributed by atoms with Crippen LogP contribution in [0.4, 0.5) is 8.78 Å². The maximum absolute atomic E-state index is 13.9. The molecule has 9 heteroatoms. The van der Waals surface area contributed by atoms with Crippen LogP contribution in [0.1, 0.15) is 35.7 Å². The number of ether oxygens (including phenoxy) is 1. The molecule has 0 aliphatic carbocycles. The van der Waals surface area contributed by atoms with E-state index in [2.05, 4.69) is 17.1 Å². The number of benzene rings is 3. The van der Waals surface area contributed by atoms with Crippen LogP contribution in [-0.4, -0.2) is 60.2 Å². The highest BCUT2D eigenvalue weighted by Gasteiger charge is 2.32. The van der Waals surface area contributed by atoms with Gasteiger partial charge in [0.2, 0.25) is 0 Å². The minimum atomic E-state index is -0.994. The molecule has 1 aliphatic heterocycles. The maximum Gasteiger partial charge on any atom is 0.317 e. The number of carboxylic acid groups (broad SMARTS) is 1. The van der Waals surface area contributed by atoms with Crippen molar-refractivity contribution in [3.05, 3.63) is 83.4 Å². The van der Waals surface area contributed by atoms with E-state index in [0.717, 1.165) is 43.6 Å². The van der Waals surface area contributed by atoms with Crippen LogP contribution < -0.4 is 10.1 Å². The predicted octanol–water partition coefficient (Wildman–Crippen LogP) is 5.89. The first kappa shape index (κ1) is 29.7. The summed E-state index contributed by atoms with van der Waals surface area (Å²) in [4.78, 5) is 27.8. The van der Waals surface area contributed by atoms with E-state index in [-0.39, 0.29) is 24.9 Å². The molecule has 1 aliphatic rings. The molecule has 40 heavy (non-hydrogen) atoms. The van der Waals surface area contributed by atoms with Crippen LogP contribution >= 0.6 is 11.8 Å². The molecule has 0 aromatic heterocycles. The van der Waals surface area contributed by atoms with Gasteiger partial charge in [-0.05, 0) is 91.7 Å². The number of Topliss-reactive ketones (excluding diaryl/α,β-unsaturated/α-hetero) is 1. The van der Waals surface area contributed by atoms with Crippen molar-refractivity contribution < 1.29 is 28.2 Å². The maximum atomic E-state index is 13.9. The molecule has 0 bridgehead atoms. The molecule has 212 valence electrons. The Labute approximate surface area is 237 Å². The van der Waals surface area contributed by atoms with Gasteiger partial charge in [0, 0.05) is 10.5 Å². The molecular weight excluding hydrogens is 534 g/mol. The summed E-state index contributed by atoms with van der Waals surface area (Å²) in [6.45, 7) is 4.81. The molecular formula is C31H34F2N2O4S. The number of nitrogens with one attached hydrogen (secondary N) is 1. The van der Waals surface area contributed by atoms with E-state index in [4.69, 9.17) is 4.74 Å². The highest BCUT2D eigenvalue weighted by atomic mass is 32.2. The van der Waals surface area contributed by atoms with E-state index in [1.165, 1.54) is 23.9 Å². The molecule has 1 fully saturated rings. The summed E-state index contributed by atoms with van der Waals surface area (Å²) in [5.74, 6) is -2.22. The molecule has 0 amide bonds. The van der Waals surface area contributed by atoms with Crippen molar-refractivity contribution in [3.63, 3.8) is 0 Å². The van der Waals surface area contributed by atoms with Gasteiger partial charge in [-0.25, -0.2) is 8.78 Å². The van der Waals surface area contributed by atoms with Crippen molar-refractivity contribution in [2.45, 2.75) is 37.3 Å². The standard InChI is InChI=1S/C31H34F2N2O4S/c1-3-35-13-11-22(12-14-35)30(34-18-29(36)37)31(38)23-6-4-5-20(15-23)19-39-24-9-7-21(8-10-24)25-16-26(32)27(33)17-28(25)40-2/h4-10,15-17,22,30,34H,3,11-14,18-19H2,1-2H3,(H,36,37). The van der Waals surface area contributed by atoms with Crippen LogP contribution in [0.3, 0.4) is 0 Å². The molecule has 1 atom stereocenters. The molecule has 1 saturated heterocycles. The highest BCUT2D eigenvalue weighted by molar-refractivity contribution is 7.98. The lowest BCUT2D eigenvalue weighted by Gasteiger charge is -2.35. The number of aliphatic carboxylic acids is 1. The van der Waals surface area contributed by atoms with Gasteiger partial charge < -0.3 is 14.7 Å². The zero-order valence-electron chi connectivity index (χ0n) is 22.7. The van der Waals surface area contributed by atoms with E-state index >= 15 is 0 Å². The number of carboxylic acids is 1. The number of ketones is 1. The fourth-order valence-electron chi connectivity index (χ4n) is 5.09. The van der Waals surface area contributed by atoms with E-state index in [1.54, 1.807) is 42.5 Å². The lowest BCUT2D eigenvalue weighted by molar-refractivity contribution is -0.136. The fraction of sp³-hybridized carbons (Fsp3) is 0.355. The van der Waals surface area contributed by atoms with E-state index in [9.17, 15) is 23.5 Å². The van der Waals surface area contributed by atoms with Crippen molar-refractivity contribution in [1.29, 1.82) is 0 Å². The predicted molar refractivity (Wildman–Crippen MR) is 153 cm³/mol. The van der Waals surface area contributed by atoms with Crippen molar-refractivity contribution in [2.24, 2.45) is 5.92 Å². The van der Waals surface area contributed by atoms with Crippen molar-refractivity contribution in [1.82, 2.24) is 10.2 Å². The minimum absolute atomic E-state index is 0.0641. The van der Waals surface area contributed by atoms with Crippen molar-refractivity contribution >= 4 is 23.5 Å². The highest BCUT2D eigenvalue weighted by Crippen LogP contribution is 2.33. The second-order valence-electron chi connectivity index (χ2n) is 9.87. The van der Waals surface area contributed by atoms with Gasteiger partial charge in [0.15, 0.2) is 17.4 Å². The molecule has 1 heterocycles. The third kappa shape index (κ3) is 7.47. The third-order valence-electron chi connectivity index (χ3n) is 7.33. The first-order valence-electron chi connectivity index (χ1n) is 13.4. The van der Waals surface area contributed by atoms with Gasteiger partial charge >= 0.3 is 5.97 Å². The number of hydrogen-bond acceptors (Lipinski definition) is 6. The number of hydrogen-bond donors (Lipinski definition) is 2. The second kappa shape index (κ2) is 13.9. The number of likely N-dealkylation sites (tertiary alicyclic amines) is 1. The van der Waals surface area contributed by atoms with Crippen molar-refractivity contribution in [3.8, 4) is 16.9 Å². The molecule has 3 aromatic rings. The van der Waals surface area contributed by atoms with Crippen LogP contribution in [0.2, 0.25) is 0 Å². The van der Waals surface area contributed by atoms with E-state index in [1.807, 2.05) is 12.3 Å². The van der Waals surface area contributed by atoms with Crippen LogP contribution in [0, 0.1) is 17.6 Å². The van der Waals surface area contributed by atoms with Gasteiger partial charge in [-0.3, -0.25) is 14.9 Å². The number of thioether (sulfide) groups is 1. The fourth-order valence-corrected chi connectivity index (χ4v) is 5.71. The SMILES string of the molecule is CCN1CCC(C(NCC(=O)O)C(=O)c2cccc(COc3ccc(-c4cc(F)c(F)cc4SC)cc3)c2)CC1.